The van der Waals surface area contributed by atoms with Crippen LogP contribution in [0.15, 0.2) is 12.7 Å². The fourth-order valence-electron chi connectivity index (χ4n) is 2.30. The van der Waals surface area contributed by atoms with Crippen molar-refractivity contribution in [3.63, 3.8) is 0 Å². The van der Waals surface area contributed by atoms with Gasteiger partial charge >= 0.3 is 0 Å². The van der Waals surface area contributed by atoms with Crippen LogP contribution in [0.25, 0.3) is 0 Å². The van der Waals surface area contributed by atoms with Crippen molar-refractivity contribution in [3.8, 4) is 6.07 Å². The summed E-state index contributed by atoms with van der Waals surface area (Å²) in [6.45, 7) is 9.35. The molecule has 94 valence electrons. The molecular weight excluding hydrogens is 214 g/mol. The highest BCUT2D eigenvalue weighted by Crippen LogP contribution is 2.27. The van der Waals surface area contributed by atoms with Crippen LogP contribution in [0.2, 0.25) is 0 Å². The first-order valence-electron chi connectivity index (χ1n) is 5.93. The Morgan fingerprint density at radius 1 is 1.65 bits per heavy atom. The normalized spacial score (nSPS) is 25.2. The van der Waals surface area contributed by atoms with Crippen molar-refractivity contribution in [1.29, 1.82) is 5.26 Å². The molecular formula is C13H21N3O. The number of likely N-dealkylation sites (N-methyl/N-ethyl adjacent to an activating group) is 1. The van der Waals surface area contributed by atoms with Crippen molar-refractivity contribution in [3.05, 3.63) is 12.7 Å². The van der Waals surface area contributed by atoms with Crippen molar-refractivity contribution < 1.29 is 4.79 Å². The largest absolute Gasteiger partial charge is 0.344 e. The molecule has 1 rings (SSSR count). The highest BCUT2D eigenvalue weighted by Gasteiger charge is 2.39. The van der Waals surface area contributed by atoms with Crippen LogP contribution in [-0.4, -0.2) is 47.4 Å². The average Bonchev–Trinajstić information content (AvgIpc) is 2.35. The lowest BCUT2D eigenvalue weighted by atomic mass is 9.96. The van der Waals surface area contributed by atoms with Crippen molar-refractivity contribution in [2.75, 3.05) is 20.1 Å². The van der Waals surface area contributed by atoms with E-state index in [9.17, 15) is 4.79 Å². The van der Waals surface area contributed by atoms with E-state index in [1.807, 2.05) is 0 Å². The molecule has 0 aromatic heterocycles. The van der Waals surface area contributed by atoms with Crippen LogP contribution in [0.4, 0.5) is 0 Å². The first-order chi connectivity index (χ1) is 7.94. The van der Waals surface area contributed by atoms with Gasteiger partial charge in [0.25, 0.3) is 0 Å². The van der Waals surface area contributed by atoms with Crippen LogP contribution in [0.5, 0.6) is 0 Å². The average molecular weight is 235 g/mol. The van der Waals surface area contributed by atoms with Gasteiger partial charge in [-0.05, 0) is 20.3 Å². The summed E-state index contributed by atoms with van der Waals surface area (Å²) in [4.78, 5) is 16.0. The topological polar surface area (TPSA) is 47.3 Å². The van der Waals surface area contributed by atoms with Crippen LogP contribution in [-0.2, 0) is 4.79 Å². The third-order valence-electron chi connectivity index (χ3n) is 3.48. The molecule has 1 atom stereocenters. The lowest BCUT2D eigenvalue weighted by molar-refractivity contribution is -0.134. The van der Waals surface area contributed by atoms with Crippen LogP contribution in [0.3, 0.4) is 0 Å². The van der Waals surface area contributed by atoms with Gasteiger partial charge in [0, 0.05) is 25.7 Å². The molecule has 1 saturated heterocycles. The molecule has 0 spiro atoms. The lowest BCUT2D eigenvalue weighted by Gasteiger charge is -2.39. The predicted octanol–water partition coefficient (Wildman–Crippen LogP) is 1.40. The Balaban J connectivity index is 3.08. The van der Waals surface area contributed by atoms with Gasteiger partial charge in [-0.25, -0.2) is 0 Å². The zero-order valence-electron chi connectivity index (χ0n) is 10.9. The van der Waals surface area contributed by atoms with Crippen molar-refractivity contribution in [2.45, 2.75) is 38.3 Å². The Labute approximate surface area is 103 Å². The zero-order chi connectivity index (χ0) is 13.1. The Bertz CT molecular complexity index is 343. The molecule has 1 fully saturated rings. The SMILES string of the molecule is C=CCN1C(CC#N)C(=O)N(C)CCC1(C)C. The summed E-state index contributed by atoms with van der Waals surface area (Å²) in [5.74, 6) is 0.0407. The van der Waals surface area contributed by atoms with E-state index < -0.39 is 0 Å². The molecule has 4 nitrogen and oxygen atoms in total. The number of nitrogens with zero attached hydrogens (tertiary/aromatic N) is 3. The molecule has 4 heteroatoms. The molecule has 0 saturated carbocycles. The molecule has 0 N–H and O–H groups in total. The van der Waals surface area contributed by atoms with E-state index in [2.05, 4.69) is 31.4 Å². The second kappa shape index (κ2) is 5.33. The number of carbonyl (C=O) groups excluding carboxylic acids is 1. The minimum Gasteiger partial charge on any atom is -0.344 e. The maximum Gasteiger partial charge on any atom is 0.240 e. The maximum atomic E-state index is 12.2. The van der Waals surface area contributed by atoms with E-state index >= 15 is 0 Å². The summed E-state index contributed by atoms with van der Waals surface area (Å²) in [5.41, 5.74) is -0.0872. The van der Waals surface area contributed by atoms with Gasteiger partial charge < -0.3 is 4.90 Å². The molecule has 1 amide bonds. The molecule has 1 unspecified atom stereocenters. The molecule has 0 aromatic rings. The molecule has 0 aliphatic carbocycles. The first kappa shape index (κ1) is 13.7. The number of rotatable bonds is 3. The quantitative estimate of drug-likeness (QED) is 0.695. The van der Waals surface area contributed by atoms with E-state index in [1.165, 1.54) is 0 Å². The Hall–Kier alpha value is -1.34. The highest BCUT2D eigenvalue weighted by molar-refractivity contribution is 5.82. The van der Waals surface area contributed by atoms with Gasteiger partial charge in [-0.2, -0.15) is 5.26 Å². The minimum atomic E-state index is -0.347. The van der Waals surface area contributed by atoms with Crippen LogP contribution in [0.1, 0.15) is 26.7 Å². The molecule has 0 radical (unpaired) electrons. The fourth-order valence-corrected chi connectivity index (χ4v) is 2.30. The molecule has 17 heavy (non-hydrogen) atoms. The van der Waals surface area contributed by atoms with Crippen LogP contribution < -0.4 is 0 Å². The monoisotopic (exact) mass is 235 g/mol. The molecule has 1 heterocycles. The molecule has 0 aromatic carbocycles. The summed E-state index contributed by atoms with van der Waals surface area (Å²) in [6, 6.07) is 1.77. The van der Waals surface area contributed by atoms with Gasteiger partial charge in [-0.1, -0.05) is 6.08 Å². The summed E-state index contributed by atoms with van der Waals surface area (Å²) < 4.78 is 0. The van der Waals surface area contributed by atoms with Gasteiger partial charge in [0.15, 0.2) is 0 Å². The van der Waals surface area contributed by atoms with Gasteiger partial charge in [0.05, 0.1) is 12.5 Å². The fraction of sp³-hybridized carbons (Fsp3) is 0.692. The Morgan fingerprint density at radius 2 is 2.29 bits per heavy atom. The number of carbonyl (C=O) groups is 1. The summed E-state index contributed by atoms with van der Waals surface area (Å²) >= 11 is 0. The third-order valence-corrected chi connectivity index (χ3v) is 3.48. The maximum absolute atomic E-state index is 12.2. The predicted molar refractivity (Wildman–Crippen MR) is 67.3 cm³/mol. The van der Waals surface area contributed by atoms with Crippen molar-refractivity contribution in [2.24, 2.45) is 0 Å². The third kappa shape index (κ3) is 2.86. The van der Waals surface area contributed by atoms with Crippen molar-refractivity contribution >= 4 is 5.91 Å². The van der Waals surface area contributed by atoms with E-state index in [-0.39, 0.29) is 23.9 Å². The van der Waals surface area contributed by atoms with Gasteiger partial charge in [-0.3, -0.25) is 9.69 Å². The second-order valence-corrected chi connectivity index (χ2v) is 5.14. The smallest absolute Gasteiger partial charge is 0.240 e. The summed E-state index contributed by atoms with van der Waals surface area (Å²) in [5, 5.41) is 8.90. The van der Waals surface area contributed by atoms with E-state index in [0.29, 0.717) is 6.54 Å². The van der Waals surface area contributed by atoms with Gasteiger partial charge in [0.1, 0.15) is 6.04 Å². The minimum absolute atomic E-state index is 0.0407. The summed E-state index contributed by atoms with van der Waals surface area (Å²) in [6.07, 6.45) is 2.94. The number of amides is 1. The molecule has 1 aliphatic heterocycles. The Morgan fingerprint density at radius 3 is 2.82 bits per heavy atom. The molecule has 1 aliphatic rings. The van der Waals surface area contributed by atoms with E-state index in [1.54, 1.807) is 18.0 Å². The molecule has 0 bridgehead atoms. The number of hydrogen-bond donors (Lipinski definition) is 0. The van der Waals surface area contributed by atoms with Crippen molar-refractivity contribution in [1.82, 2.24) is 9.80 Å². The standard InChI is InChI=1S/C13H21N3O/c1-5-9-16-11(6-8-14)12(17)15(4)10-7-13(16,2)3/h5,11H,1,6-7,9-10H2,2-4H3. The zero-order valence-corrected chi connectivity index (χ0v) is 10.9. The van der Waals surface area contributed by atoms with Crippen LogP contribution >= 0.6 is 0 Å². The number of hydrogen-bond acceptors (Lipinski definition) is 3. The second-order valence-electron chi connectivity index (χ2n) is 5.14. The highest BCUT2D eigenvalue weighted by atomic mass is 16.2. The van der Waals surface area contributed by atoms with E-state index in [0.717, 1.165) is 13.0 Å². The van der Waals surface area contributed by atoms with Gasteiger partial charge in [-0.15, -0.1) is 6.58 Å². The Kier molecular flexibility index (Phi) is 4.30. The summed E-state index contributed by atoms with van der Waals surface area (Å²) in [7, 11) is 1.81. The van der Waals surface area contributed by atoms with Gasteiger partial charge in [0.2, 0.25) is 5.91 Å². The first-order valence-corrected chi connectivity index (χ1v) is 5.93. The lowest BCUT2D eigenvalue weighted by Crippen LogP contribution is -2.52. The van der Waals surface area contributed by atoms with Crippen LogP contribution in [0, 0.1) is 11.3 Å². The van der Waals surface area contributed by atoms with E-state index in [4.69, 9.17) is 5.26 Å². The number of nitriles is 1.